The molecular weight excluding hydrogens is 384 g/mol. The lowest BCUT2D eigenvalue weighted by Gasteiger charge is -2.41. The van der Waals surface area contributed by atoms with Crippen LogP contribution in [0.3, 0.4) is 0 Å². The fraction of sp³-hybridized carbons (Fsp3) is 0.714. The average molecular weight is 415 g/mol. The van der Waals surface area contributed by atoms with Crippen molar-refractivity contribution < 1.29 is 9.59 Å². The van der Waals surface area contributed by atoms with Crippen LogP contribution in [0.2, 0.25) is 0 Å². The number of hydrogen-bond acceptors (Lipinski definition) is 6. The number of nitrogens with zero attached hydrogens (tertiary/aromatic N) is 4. The smallest absolute Gasteiger partial charge is 0.271 e. The summed E-state index contributed by atoms with van der Waals surface area (Å²) in [7, 11) is 2.13. The normalized spacial score (nSPS) is 30.8. The van der Waals surface area contributed by atoms with Gasteiger partial charge in [-0.1, -0.05) is 0 Å². The molecule has 2 aliphatic heterocycles. The molecule has 1 aromatic heterocycles. The fourth-order valence-corrected chi connectivity index (χ4v) is 5.77. The van der Waals surface area contributed by atoms with Crippen molar-refractivity contribution in [2.75, 3.05) is 39.8 Å². The van der Waals surface area contributed by atoms with Gasteiger partial charge in [0.2, 0.25) is 5.91 Å². The minimum absolute atomic E-state index is 0.0432. The van der Waals surface area contributed by atoms with Crippen molar-refractivity contribution in [1.82, 2.24) is 30.0 Å². The molecular formula is C21H30N6O3. The highest BCUT2D eigenvalue weighted by atomic mass is 16.2. The summed E-state index contributed by atoms with van der Waals surface area (Å²) in [5.41, 5.74) is -0.831. The molecule has 9 heteroatoms. The molecule has 3 heterocycles. The van der Waals surface area contributed by atoms with Gasteiger partial charge in [-0.3, -0.25) is 19.3 Å². The van der Waals surface area contributed by atoms with Crippen molar-refractivity contribution in [1.29, 1.82) is 0 Å². The van der Waals surface area contributed by atoms with Crippen molar-refractivity contribution in [2.24, 2.45) is 0 Å². The van der Waals surface area contributed by atoms with Crippen LogP contribution in [0.5, 0.6) is 0 Å². The first-order chi connectivity index (χ1) is 14.4. The summed E-state index contributed by atoms with van der Waals surface area (Å²) in [6, 6.07) is 0.0432. The standard InChI is InChI=1S/C21H30N6O3/c1-25-9-11-26(12-10-25)21(5-6-21)19(30)27-8-7-20(4-2-3-16(20)27)24-18(29)15-13-23-17(28)14-22-15/h13-14,16H,2-12H2,1H3,(H,23,28)(H,24,29)/t16-,20+/m0/s1. The quantitative estimate of drug-likeness (QED) is 0.708. The molecule has 0 radical (unpaired) electrons. The van der Waals surface area contributed by atoms with Crippen molar-refractivity contribution in [3.63, 3.8) is 0 Å². The van der Waals surface area contributed by atoms with Gasteiger partial charge in [-0.2, -0.15) is 0 Å². The Morgan fingerprint density at radius 3 is 2.57 bits per heavy atom. The number of fused-ring (bicyclic) bond motifs is 1. The third kappa shape index (κ3) is 3.15. The van der Waals surface area contributed by atoms with Gasteiger partial charge in [0.1, 0.15) is 11.2 Å². The number of aromatic amines is 1. The highest BCUT2D eigenvalue weighted by Gasteiger charge is 2.61. The van der Waals surface area contributed by atoms with Gasteiger partial charge in [-0.15, -0.1) is 0 Å². The molecule has 162 valence electrons. The maximum absolute atomic E-state index is 13.7. The van der Waals surface area contributed by atoms with Crippen LogP contribution >= 0.6 is 0 Å². The molecule has 0 bridgehead atoms. The zero-order chi connectivity index (χ0) is 20.9. The van der Waals surface area contributed by atoms with E-state index in [4.69, 9.17) is 0 Å². The maximum Gasteiger partial charge on any atom is 0.271 e. The Morgan fingerprint density at radius 1 is 1.13 bits per heavy atom. The van der Waals surface area contributed by atoms with Crippen LogP contribution in [-0.2, 0) is 4.79 Å². The van der Waals surface area contributed by atoms with Crippen LogP contribution in [0, 0.1) is 0 Å². The number of hydrogen-bond donors (Lipinski definition) is 2. The van der Waals surface area contributed by atoms with Gasteiger partial charge < -0.3 is 20.1 Å². The summed E-state index contributed by atoms with van der Waals surface area (Å²) >= 11 is 0. The van der Waals surface area contributed by atoms with Crippen molar-refractivity contribution in [3.8, 4) is 0 Å². The van der Waals surface area contributed by atoms with Gasteiger partial charge in [0.25, 0.3) is 11.5 Å². The summed E-state index contributed by atoms with van der Waals surface area (Å²) in [6.45, 7) is 4.59. The molecule has 2 N–H and O–H groups in total. The van der Waals surface area contributed by atoms with Gasteiger partial charge in [-0.05, 0) is 45.6 Å². The highest BCUT2D eigenvalue weighted by molar-refractivity contribution is 5.93. The summed E-state index contributed by atoms with van der Waals surface area (Å²) < 4.78 is 0. The molecule has 9 nitrogen and oxygen atoms in total. The van der Waals surface area contributed by atoms with Gasteiger partial charge in [0, 0.05) is 38.9 Å². The second-order valence-corrected chi connectivity index (χ2v) is 9.39. The number of carbonyl (C=O) groups excluding carboxylic acids is 2. The number of nitrogens with one attached hydrogen (secondary N) is 2. The van der Waals surface area contributed by atoms with Crippen molar-refractivity contribution in [3.05, 3.63) is 28.4 Å². The molecule has 30 heavy (non-hydrogen) atoms. The molecule has 0 spiro atoms. The molecule has 0 aromatic carbocycles. The molecule has 2 atom stereocenters. The number of aromatic nitrogens is 2. The summed E-state index contributed by atoms with van der Waals surface area (Å²) in [4.78, 5) is 51.0. The van der Waals surface area contributed by atoms with Crippen molar-refractivity contribution in [2.45, 2.75) is 55.6 Å². The number of carbonyl (C=O) groups is 2. The minimum Gasteiger partial charge on any atom is -0.343 e. The van der Waals surface area contributed by atoms with E-state index < -0.39 is 0 Å². The molecule has 2 saturated carbocycles. The second-order valence-electron chi connectivity index (χ2n) is 9.39. The fourth-order valence-electron chi connectivity index (χ4n) is 5.77. The Labute approximate surface area is 175 Å². The van der Waals surface area contributed by atoms with Gasteiger partial charge in [0.05, 0.1) is 17.8 Å². The van der Waals surface area contributed by atoms with Gasteiger partial charge >= 0.3 is 0 Å². The van der Waals surface area contributed by atoms with Crippen LogP contribution in [0.4, 0.5) is 0 Å². The van der Waals surface area contributed by atoms with E-state index in [1.807, 2.05) is 0 Å². The van der Waals surface area contributed by atoms with Crippen molar-refractivity contribution >= 4 is 11.8 Å². The summed E-state index contributed by atoms with van der Waals surface area (Å²) in [5.74, 6) is -0.0232. The SMILES string of the molecule is CN1CCN(C2(C(=O)N3CC[C@]4(NC(=O)c5c[nH]c(=O)cn5)CCC[C@H]34)CC2)CC1. The monoisotopic (exact) mass is 414 g/mol. The predicted octanol–water partition coefficient (Wildman–Crippen LogP) is -0.197. The van der Waals surface area contributed by atoms with E-state index in [1.165, 1.54) is 6.20 Å². The first kappa shape index (κ1) is 19.7. The summed E-state index contributed by atoms with van der Waals surface area (Å²) in [5, 5.41) is 3.19. The van der Waals surface area contributed by atoms with Crippen LogP contribution < -0.4 is 10.9 Å². The summed E-state index contributed by atoms with van der Waals surface area (Å²) in [6.07, 6.45) is 7.92. The Hall–Kier alpha value is -2.26. The zero-order valence-electron chi connectivity index (χ0n) is 17.5. The van der Waals surface area contributed by atoms with E-state index in [1.54, 1.807) is 0 Å². The van der Waals surface area contributed by atoms with Gasteiger partial charge in [-0.25, -0.2) is 4.98 Å². The Balaban J connectivity index is 1.31. The molecule has 2 saturated heterocycles. The number of piperazine rings is 1. The highest BCUT2D eigenvalue weighted by Crippen LogP contribution is 2.48. The van der Waals surface area contributed by atoms with Gasteiger partial charge in [0.15, 0.2) is 0 Å². The first-order valence-electron chi connectivity index (χ1n) is 11.1. The van der Waals surface area contributed by atoms with E-state index >= 15 is 0 Å². The van der Waals surface area contributed by atoms with E-state index in [0.717, 1.165) is 70.9 Å². The maximum atomic E-state index is 13.7. The number of likely N-dealkylation sites (N-methyl/N-ethyl adjacent to an activating group) is 1. The molecule has 4 fully saturated rings. The minimum atomic E-state index is -0.386. The molecule has 0 unspecified atom stereocenters. The predicted molar refractivity (Wildman–Crippen MR) is 110 cm³/mol. The number of likely N-dealkylation sites (tertiary alicyclic amines) is 1. The Bertz CT molecular complexity index is 884. The van der Waals surface area contributed by atoms with E-state index in [2.05, 4.69) is 37.0 Å². The number of amides is 2. The van der Waals surface area contributed by atoms with E-state index in [0.29, 0.717) is 6.54 Å². The second kappa shape index (κ2) is 7.16. The molecule has 4 aliphatic rings. The third-order valence-corrected chi connectivity index (χ3v) is 7.67. The lowest BCUT2D eigenvalue weighted by atomic mass is 9.92. The lowest BCUT2D eigenvalue weighted by molar-refractivity contribution is -0.140. The number of H-pyrrole nitrogens is 1. The third-order valence-electron chi connectivity index (χ3n) is 7.67. The topological polar surface area (TPSA) is 102 Å². The molecule has 2 aliphatic carbocycles. The van der Waals surface area contributed by atoms with E-state index in [9.17, 15) is 14.4 Å². The van der Waals surface area contributed by atoms with Crippen LogP contribution in [0.1, 0.15) is 49.0 Å². The molecule has 1 aromatic rings. The zero-order valence-corrected chi connectivity index (χ0v) is 17.5. The van der Waals surface area contributed by atoms with Crippen LogP contribution in [-0.4, -0.2) is 93.4 Å². The Kier molecular flexibility index (Phi) is 4.70. The number of rotatable bonds is 4. The van der Waals surface area contributed by atoms with E-state index in [-0.39, 0.29) is 40.2 Å². The first-order valence-corrected chi connectivity index (χ1v) is 11.1. The van der Waals surface area contributed by atoms with Crippen LogP contribution in [0.25, 0.3) is 0 Å². The van der Waals surface area contributed by atoms with Crippen LogP contribution in [0.15, 0.2) is 17.2 Å². The molecule has 5 rings (SSSR count). The lowest BCUT2D eigenvalue weighted by Crippen LogP contribution is -2.60. The molecule has 2 amide bonds. The largest absolute Gasteiger partial charge is 0.343 e. The average Bonchev–Trinajstić information content (AvgIpc) is 3.34. The Morgan fingerprint density at radius 2 is 1.90 bits per heavy atom.